The molecule has 2 aromatic rings. The van der Waals surface area contributed by atoms with Gasteiger partial charge in [-0.3, -0.25) is 10.1 Å². The maximum absolute atomic E-state index is 11.1. The van der Waals surface area contributed by atoms with Gasteiger partial charge >= 0.3 is 0 Å². The molecule has 0 bridgehead atoms. The van der Waals surface area contributed by atoms with E-state index in [0.29, 0.717) is 18.0 Å². The van der Waals surface area contributed by atoms with E-state index in [2.05, 4.69) is 9.88 Å². The first-order valence-corrected chi connectivity index (χ1v) is 6.68. The van der Waals surface area contributed by atoms with Crippen LogP contribution in [0.3, 0.4) is 0 Å². The molecule has 20 heavy (non-hydrogen) atoms. The molecule has 3 rings (SSSR count). The first kappa shape index (κ1) is 12.8. The van der Waals surface area contributed by atoms with E-state index in [1.54, 1.807) is 12.3 Å². The predicted molar refractivity (Wildman–Crippen MR) is 77.8 cm³/mol. The van der Waals surface area contributed by atoms with Crippen LogP contribution in [-0.2, 0) is 0 Å². The van der Waals surface area contributed by atoms with Crippen LogP contribution in [0.25, 0.3) is 10.9 Å². The van der Waals surface area contributed by atoms with Crippen LogP contribution in [0.15, 0.2) is 30.5 Å². The van der Waals surface area contributed by atoms with Gasteiger partial charge in [-0.1, -0.05) is 0 Å². The molecule has 1 aliphatic heterocycles. The van der Waals surface area contributed by atoms with Gasteiger partial charge in [-0.15, -0.1) is 0 Å². The zero-order valence-corrected chi connectivity index (χ0v) is 11.0. The summed E-state index contributed by atoms with van der Waals surface area (Å²) in [5.74, 6) is 0.497. The summed E-state index contributed by atoms with van der Waals surface area (Å²) < 4.78 is 0. The average molecular weight is 272 g/mol. The maximum atomic E-state index is 11.1. The Labute approximate surface area is 116 Å². The molecule has 1 aliphatic rings. The Morgan fingerprint density at radius 1 is 1.45 bits per heavy atom. The standard InChI is InChI=1S/C14H16N4O2/c15-8-10-5-7-17(9-10)12-3-4-13(18(19)20)14-11(12)2-1-6-16-14/h1-4,6,10H,5,7-9,15H2. The number of rotatable bonds is 3. The number of hydrogen-bond donors (Lipinski definition) is 1. The molecular weight excluding hydrogens is 256 g/mol. The lowest BCUT2D eigenvalue weighted by Crippen LogP contribution is -2.22. The van der Waals surface area contributed by atoms with Crippen molar-refractivity contribution < 1.29 is 4.92 Å². The van der Waals surface area contributed by atoms with Crippen LogP contribution < -0.4 is 10.6 Å². The number of nitrogens with zero attached hydrogens (tertiary/aromatic N) is 3. The van der Waals surface area contributed by atoms with Crippen molar-refractivity contribution in [3.8, 4) is 0 Å². The third-order valence-electron chi connectivity index (χ3n) is 3.88. The summed E-state index contributed by atoms with van der Waals surface area (Å²) in [6.07, 6.45) is 2.65. The second-order valence-corrected chi connectivity index (χ2v) is 5.10. The van der Waals surface area contributed by atoms with E-state index in [9.17, 15) is 10.1 Å². The molecule has 2 heterocycles. The highest BCUT2D eigenvalue weighted by molar-refractivity contribution is 5.97. The fraction of sp³-hybridized carbons (Fsp3) is 0.357. The number of nitro benzene ring substituents is 1. The van der Waals surface area contributed by atoms with E-state index in [1.165, 1.54) is 0 Å². The van der Waals surface area contributed by atoms with Gasteiger partial charge in [0.1, 0.15) is 5.52 Å². The number of hydrogen-bond acceptors (Lipinski definition) is 5. The van der Waals surface area contributed by atoms with Crippen molar-refractivity contribution in [3.05, 3.63) is 40.6 Å². The third kappa shape index (κ3) is 2.08. The van der Waals surface area contributed by atoms with E-state index >= 15 is 0 Å². The lowest BCUT2D eigenvalue weighted by molar-refractivity contribution is -0.383. The van der Waals surface area contributed by atoms with Crippen LogP contribution in [0.1, 0.15) is 6.42 Å². The van der Waals surface area contributed by atoms with Crippen molar-refractivity contribution in [3.63, 3.8) is 0 Å². The summed E-state index contributed by atoms with van der Waals surface area (Å²) in [7, 11) is 0. The zero-order chi connectivity index (χ0) is 14.1. The van der Waals surface area contributed by atoms with E-state index in [0.717, 1.165) is 30.6 Å². The molecule has 1 atom stereocenters. The predicted octanol–water partition coefficient (Wildman–Crippen LogP) is 1.93. The van der Waals surface area contributed by atoms with E-state index in [1.807, 2.05) is 18.2 Å². The number of nitro groups is 1. The molecule has 2 N–H and O–H groups in total. The summed E-state index contributed by atoms with van der Waals surface area (Å²) in [6, 6.07) is 7.06. The zero-order valence-electron chi connectivity index (χ0n) is 11.0. The van der Waals surface area contributed by atoms with E-state index in [4.69, 9.17) is 5.73 Å². The summed E-state index contributed by atoms with van der Waals surface area (Å²) >= 11 is 0. The normalized spacial score (nSPS) is 18.6. The summed E-state index contributed by atoms with van der Waals surface area (Å²) in [5, 5.41) is 11.9. The molecule has 6 heteroatoms. The number of anilines is 1. The molecular formula is C14H16N4O2. The van der Waals surface area contributed by atoms with Crippen LogP contribution in [0.5, 0.6) is 0 Å². The first-order valence-electron chi connectivity index (χ1n) is 6.68. The molecule has 0 amide bonds. The third-order valence-corrected chi connectivity index (χ3v) is 3.88. The Kier molecular flexibility index (Phi) is 3.23. The van der Waals surface area contributed by atoms with Crippen molar-refractivity contribution in [2.24, 2.45) is 11.7 Å². The summed E-state index contributed by atoms with van der Waals surface area (Å²) in [4.78, 5) is 17.1. The smallest absolute Gasteiger partial charge is 0.295 e. The van der Waals surface area contributed by atoms with Gasteiger partial charge in [0.05, 0.1) is 4.92 Å². The lowest BCUT2D eigenvalue weighted by atomic mass is 10.1. The van der Waals surface area contributed by atoms with Gasteiger partial charge in [-0.05, 0) is 37.1 Å². The van der Waals surface area contributed by atoms with Gasteiger partial charge in [-0.25, -0.2) is 4.98 Å². The number of aromatic nitrogens is 1. The monoisotopic (exact) mass is 272 g/mol. The number of fused-ring (bicyclic) bond motifs is 1. The Hall–Kier alpha value is -2.21. The fourth-order valence-corrected chi connectivity index (χ4v) is 2.81. The van der Waals surface area contributed by atoms with Gasteiger partial charge in [0, 0.05) is 36.4 Å². The van der Waals surface area contributed by atoms with Crippen molar-refractivity contribution in [2.75, 3.05) is 24.5 Å². The van der Waals surface area contributed by atoms with E-state index < -0.39 is 0 Å². The minimum absolute atomic E-state index is 0.0546. The largest absolute Gasteiger partial charge is 0.371 e. The van der Waals surface area contributed by atoms with Crippen molar-refractivity contribution in [1.82, 2.24) is 4.98 Å². The molecule has 6 nitrogen and oxygen atoms in total. The molecule has 104 valence electrons. The highest BCUT2D eigenvalue weighted by Gasteiger charge is 2.24. The first-order chi connectivity index (χ1) is 9.70. The van der Waals surface area contributed by atoms with Crippen molar-refractivity contribution in [2.45, 2.75) is 6.42 Å². The number of pyridine rings is 1. The lowest BCUT2D eigenvalue weighted by Gasteiger charge is -2.20. The molecule has 0 radical (unpaired) electrons. The summed E-state index contributed by atoms with van der Waals surface area (Å²) in [5.41, 5.74) is 7.24. The van der Waals surface area contributed by atoms with Crippen LogP contribution >= 0.6 is 0 Å². The number of non-ortho nitro benzene ring substituents is 1. The van der Waals surface area contributed by atoms with Gasteiger partial charge in [-0.2, -0.15) is 0 Å². The Balaban J connectivity index is 2.09. The van der Waals surface area contributed by atoms with Crippen molar-refractivity contribution in [1.29, 1.82) is 0 Å². The molecule has 0 saturated carbocycles. The molecule has 1 aromatic heterocycles. The minimum atomic E-state index is -0.383. The van der Waals surface area contributed by atoms with Crippen LogP contribution in [0.4, 0.5) is 11.4 Å². The van der Waals surface area contributed by atoms with Crippen LogP contribution in [-0.4, -0.2) is 29.5 Å². The number of benzene rings is 1. The van der Waals surface area contributed by atoms with Gasteiger partial charge in [0.2, 0.25) is 0 Å². The highest BCUT2D eigenvalue weighted by Crippen LogP contribution is 2.34. The average Bonchev–Trinajstić information content (AvgIpc) is 2.94. The molecule has 1 aromatic carbocycles. The van der Waals surface area contributed by atoms with Gasteiger partial charge in [0.15, 0.2) is 0 Å². The fourth-order valence-electron chi connectivity index (χ4n) is 2.81. The topological polar surface area (TPSA) is 85.3 Å². The maximum Gasteiger partial charge on any atom is 0.295 e. The van der Waals surface area contributed by atoms with Gasteiger partial charge < -0.3 is 10.6 Å². The Bertz CT molecular complexity index is 659. The molecule has 1 saturated heterocycles. The number of nitrogens with two attached hydrogens (primary N) is 1. The van der Waals surface area contributed by atoms with Crippen LogP contribution in [0, 0.1) is 16.0 Å². The molecule has 0 aliphatic carbocycles. The summed E-state index contributed by atoms with van der Waals surface area (Å²) in [6.45, 7) is 2.52. The van der Waals surface area contributed by atoms with E-state index in [-0.39, 0.29) is 10.6 Å². The van der Waals surface area contributed by atoms with Crippen LogP contribution in [0.2, 0.25) is 0 Å². The Morgan fingerprint density at radius 2 is 2.30 bits per heavy atom. The molecule has 1 unspecified atom stereocenters. The second-order valence-electron chi connectivity index (χ2n) is 5.10. The quantitative estimate of drug-likeness (QED) is 0.681. The Morgan fingerprint density at radius 3 is 3.00 bits per heavy atom. The minimum Gasteiger partial charge on any atom is -0.371 e. The molecule has 0 spiro atoms. The highest BCUT2D eigenvalue weighted by atomic mass is 16.6. The van der Waals surface area contributed by atoms with Crippen molar-refractivity contribution >= 4 is 22.3 Å². The second kappa shape index (κ2) is 5.05. The SMILES string of the molecule is NCC1CCN(c2ccc([N+](=O)[O-])c3ncccc23)C1. The molecule has 1 fully saturated rings. The van der Waals surface area contributed by atoms with Gasteiger partial charge in [0.25, 0.3) is 5.69 Å².